The molecule has 4 aliphatic rings. The van der Waals surface area contributed by atoms with Crippen LogP contribution in [0.2, 0.25) is 0 Å². The summed E-state index contributed by atoms with van der Waals surface area (Å²) >= 11 is 0. The van der Waals surface area contributed by atoms with Crippen molar-refractivity contribution in [1.29, 1.82) is 0 Å². The summed E-state index contributed by atoms with van der Waals surface area (Å²) in [6.45, 7) is 6.76. The quantitative estimate of drug-likeness (QED) is 0.598. The van der Waals surface area contributed by atoms with Gasteiger partial charge >= 0.3 is 0 Å². The van der Waals surface area contributed by atoms with Crippen LogP contribution in [0.1, 0.15) is 51.0 Å². The predicted molar refractivity (Wildman–Crippen MR) is 123 cm³/mol. The molecule has 2 aliphatic carbocycles. The van der Waals surface area contributed by atoms with E-state index in [1.807, 2.05) is 23.1 Å². The summed E-state index contributed by atoms with van der Waals surface area (Å²) in [6.07, 6.45) is 4.13. The van der Waals surface area contributed by atoms with Crippen molar-refractivity contribution >= 4 is 15.7 Å². The fourth-order valence-electron chi connectivity index (χ4n) is 6.41. The number of nitrogens with one attached hydrogen (secondary N) is 1. The van der Waals surface area contributed by atoms with Crippen molar-refractivity contribution in [2.75, 3.05) is 44.0 Å². The SMILES string of the molecule is CCC1(c2cccc(NS(=O)(=O)C3CC3)c2)C2CN(CCCN3CCCC(F)(F)C3)CC21. The largest absolute Gasteiger partial charge is 0.303 e. The summed E-state index contributed by atoms with van der Waals surface area (Å²) < 4.78 is 54.7. The zero-order chi connectivity index (χ0) is 22.6. The van der Waals surface area contributed by atoms with Gasteiger partial charge in [0, 0.05) is 30.6 Å². The fourth-order valence-corrected chi connectivity index (χ4v) is 7.79. The van der Waals surface area contributed by atoms with Crippen molar-refractivity contribution in [1.82, 2.24) is 9.80 Å². The predicted octanol–water partition coefficient (Wildman–Crippen LogP) is 3.92. The Morgan fingerprint density at radius 1 is 1.12 bits per heavy atom. The van der Waals surface area contributed by atoms with Gasteiger partial charge in [-0.15, -0.1) is 0 Å². The summed E-state index contributed by atoms with van der Waals surface area (Å²) in [5, 5.41) is -0.226. The molecule has 4 fully saturated rings. The number of hydrogen-bond acceptors (Lipinski definition) is 4. The van der Waals surface area contributed by atoms with Gasteiger partial charge in [-0.05, 0) is 81.3 Å². The lowest BCUT2D eigenvalue weighted by Gasteiger charge is -2.33. The molecule has 0 aromatic heterocycles. The van der Waals surface area contributed by atoms with E-state index < -0.39 is 15.9 Å². The molecule has 2 unspecified atom stereocenters. The van der Waals surface area contributed by atoms with Gasteiger partial charge in [0.2, 0.25) is 10.0 Å². The highest BCUT2D eigenvalue weighted by Crippen LogP contribution is 2.65. The van der Waals surface area contributed by atoms with Crippen LogP contribution in [0, 0.1) is 11.8 Å². The molecule has 1 aromatic carbocycles. The third-order valence-electron chi connectivity index (χ3n) is 8.24. The molecule has 2 saturated heterocycles. The number of fused-ring (bicyclic) bond motifs is 1. The number of hydrogen-bond donors (Lipinski definition) is 1. The van der Waals surface area contributed by atoms with Crippen molar-refractivity contribution in [3.63, 3.8) is 0 Å². The summed E-state index contributed by atoms with van der Waals surface area (Å²) in [5.41, 5.74) is 2.08. The summed E-state index contributed by atoms with van der Waals surface area (Å²) in [6, 6.07) is 8.01. The van der Waals surface area contributed by atoms with Crippen LogP contribution in [-0.2, 0) is 15.4 Å². The van der Waals surface area contributed by atoms with Gasteiger partial charge in [-0.1, -0.05) is 19.1 Å². The van der Waals surface area contributed by atoms with Gasteiger partial charge in [0.05, 0.1) is 11.8 Å². The van der Waals surface area contributed by atoms with E-state index in [4.69, 9.17) is 0 Å². The van der Waals surface area contributed by atoms with E-state index in [1.165, 1.54) is 5.56 Å². The van der Waals surface area contributed by atoms with Gasteiger partial charge in [0.25, 0.3) is 5.92 Å². The highest BCUT2D eigenvalue weighted by molar-refractivity contribution is 7.93. The second-order valence-corrected chi connectivity index (χ2v) is 12.3. The van der Waals surface area contributed by atoms with Gasteiger partial charge in [-0.2, -0.15) is 0 Å². The number of alkyl halides is 2. The summed E-state index contributed by atoms with van der Waals surface area (Å²) in [4.78, 5) is 4.41. The van der Waals surface area contributed by atoms with E-state index in [9.17, 15) is 17.2 Å². The molecule has 178 valence electrons. The molecule has 2 aliphatic heterocycles. The topological polar surface area (TPSA) is 52.7 Å². The Hall–Kier alpha value is -1.25. The minimum atomic E-state index is -3.25. The third-order valence-corrected chi connectivity index (χ3v) is 10.1. The lowest BCUT2D eigenvalue weighted by molar-refractivity contribution is -0.0643. The van der Waals surface area contributed by atoms with Crippen LogP contribution in [0.4, 0.5) is 14.5 Å². The molecule has 2 heterocycles. The first-order valence-corrected chi connectivity index (χ1v) is 13.7. The van der Waals surface area contributed by atoms with Gasteiger partial charge in [0.1, 0.15) is 0 Å². The van der Waals surface area contributed by atoms with Crippen LogP contribution in [0.25, 0.3) is 0 Å². The number of piperidine rings is 2. The zero-order valence-corrected chi connectivity index (χ0v) is 19.7. The lowest BCUT2D eigenvalue weighted by Crippen LogP contribution is -2.43. The molecule has 2 saturated carbocycles. The molecule has 0 amide bonds. The van der Waals surface area contributed by atoms with Crippen molar-refractivity contribution in [2.45, 2.75) is 62.0 Å². The molecule has 32 heavy (non-hydrogen) atoms. The number of benzene rings is 1. The average Bonchev–Trinajstić information content (AvgIpc) is 3.64. The Labute approximate surface area is 190 Å². The second kappa shape index (κ2) is 8.20. The maximum atomic E-state index is 13.6. The zero-order valence-electron chi connectivity index (χ0n) is 18.9. The van der Waals surface area contributed by atoms with Crippen LogP contribution in [-0.4, -0.2) is 68.7 Å². The van der Waals surface area contributed by atoms with E-state index >= 15 is 0 Å². The summed E-state index contributed by atoms with van der Waals surface area (Å²) in [7, 11) is -3.25. The number of sulfonamides is 1. The first-order valence-electron chi connectivity index (χ1n) is 12.2. The second-order valence-electron chi connectivity index (χ2n) is 10.4. The molecule has 0 bridgehead atoms. The molecule has 5 rings (SSSR count). The highest BCUT2D eigenvalue weighted by atomic mass is 32.2. The number of likely N-dealkylation sites (tertiary alicyclic amines) is 2. The van der Waals surface area contributed by atoms with Crippen LogP contribution in [0.3, 0.4) is 0 Å². The molecule has 1 aromatic rings. The Morgan fingerprint density at radius 2 is 1.84 bits per heavy atom. The smallest absolute Gasteiger partial charge is 0.260 e. The van der Waals surface area contributed by atoms with Gasteiger partial charge in [-0.3, -0.25) is 9.62 Å². The summed E-state index contributed by atoms with van der Waals surface area (Å²) in [5.74, 6) is -1.32. The van der Waals surface area contributed by atoms with Gasteiger partial charge < -0.3 is 4.90 Å². The Bertz CT molecular complexity index is 938. The minimum absolute atomic E-state index is 0.0291. The molecular formula is C24H35F2N3O2S. The normalized spacial score (nSPS) is 32.6. The van der Waals surface area contributed by atoms with Crippen molar-refractivity contribution in [3.8, 4) is 0 Å². The van der Waals surface area contributed by atoms with Gasteiger partial charge in [0.15, 0.2) is 0 Å². The average molecular weight is 468 g/mol. The minimum Gasteiger partial charge on any atom is -0.303 e. The van der Waals surface area contributed by atoms with Gasteiger partial charge in [-0.25, -0.2) is 17.2 Å². The Kier molecular flexibility index (Phi) is 5.78. The molecule has 0 spiro atoms. The third kappa shape index (κ3) is 4.30. The number of nitrogens with zero attached hydrogens (tertiary/aromatic N) is 2. The van der Waals surface area contributed by atoms with Crippen LogP contribution >= 0.6 is 0 Å². The number of rotatable bonds is 9. The van der Waals surface area contributed by atoms with Crippen molar-refractivity contribution < 1.29 is 17.2 Å². The molecule has 1 N–H and O–H groups in total. The van der Waals surface area contributed by atoms with E-state index in [0.29, 0.717) is 23.9 Å². The van der Waals surface area contributed by atoms with E-state index in [2.05, 4.69) is 22.6 Å². The van der Waals surface area contributed by atoms with Crippen LogP contribution in [0.5, 0.6) is 0 Å². The first-order chi connectivity index (χ1) is 15.2. The van der Waals surface area contributed by atoms with Crippen LogP contribution in [0.15, 0.2) is 24.3 Å². The Morgan fingerprint density at radius 3 is 2.50 bits per heavy atom. The Balaban J connectivity index is 1.15. The van der Waals surface area contributed by atoms with E-state index in [-0.39, 0.29) is 23.6 Å². The monoisotopic (exact) mass is 467 g/mol. The molecule has 2 atom stereocenters. The van der Waals surface area contributed by atoms with Crippen molar-refractivity contribution in [3.05, 3.63) is 29.8 Å². The van der Waals surface area contributed by atoms with E-state index in [1.54, 1.807) is 0 Å². The first kappa shape index (κ1) is 22.5. The van der Waals surface area contributed by atoms with Crippen molar-refractivity contribution in [2.24, 2.45) is 11.8 Å². The maximum absolute atomic E-state index is 13.6. The standard InChI is InChI=1S/C24H35F2N3O2S/c1-2-24(18-6-3-7-19(14-18)27-32(30,31)20-8-9-20)21-15-29(16-22(21)24)13-5-12-28-11-4-10-23(25,26)17-28/h3,6-7,14,20-22,27H,2,4-5,8-13,15-17H2,1H3. The number of anilines is 1. The highest BCUT2D eigenvalue weighted by Gasteiger charge is 2.67. The number of halogens is 2. The molecule has 8 heteroatoms. The lowest BCUT2D eigenvalue weighted by atomic mass is 9.87. The maximum Gasteiger partial charge on any atom is 0.260 e. The molecule has 0 radical (unpaired) electrons. The van der Waals surface area contributed by atoms with E-state index in [0.717, 1.165) is 58.4 Å². The fraction of sp³-hybridized carbons (Fsp3) is 0.750. The molecular weight excluding hydrogens is 432 g/mol. The molecule has 5 nitrogen and oxygen atoms in total. The van der Waals surface area contributed by atoms with Crippen LogP contribution < -0.4 is 4.72 Å².